The van der Waals surface area contributed by atoms with E-state index in [4.69, 9.17) is 0 Å². The number of nitrogens with one attached hydrogen (secondary N) is 3. The summed E-state index contributed by atoms with van der Waals surface area (Å²) in [7, 11) is 0. The van der Waals surface area contributed by atoms with Gasteiger partial charge in [-0.3, -0.25) is 9.59 Å². The second-order valence-electron chi connectivity index (χ2n) is 4.71. The van der Waals surface area contributed by atoms with Crippen LogP contribution in [0.1, 0.15) is 43.7 Å². The third-order valence-corrected chi connectivity index (χ3v) is 2.95. The highest BCUT2D eigenvalue weighted by Gasteiger charge is 2.16. The monoisotopic (exact) mass is 292 g/mol. The molecule has 2 amide bonds. The van der Waals surface area contributed by atoms with Crippen LogP contribution in [0.3, 0.4) is 0 Å². The van der Waals surface area contributed by atoms with Gasteiger partial charge in [-0.25, -0.2) is 4.98 Å². The number of rotatable bonds is 7. The maximum Gasteiger partial charge on any atom is 0.252 e. The van der Waals surface area contributed by atoms with Crippen molar-refractivity contribution >= 4 is 17.6 Å². The van der Waals surface area contributed by atoms with E-state index < -0.39 is 6.04 Å². The topological polar surface area (TPSA) is 83.1 Å². The smallest absolute Gasteiger partial charge is 0.252 e. The lowest BCUT2D eigenvalue weighted by Gasteiger charge is -2.14. The Bertz CT molecular complexity index is 502. The Hall–Kier alpha value is -2.11. The lowest BCUT2D eigenvalue weighted by atomic mass is 10.1. The molecule has 1 heterocycles. The van der Waals surface area contributed by atoms with E-state index in [-0.39, 0.29) is 11.8 Å². The molecule has 1 rings (SSSR count). The lowest BCUT2D eigenvalue weighted by Crippen LogP contribution is -2.44. The summed E-state index contributed by atoms with van der Waals surface area (Å²) in [6.45, 7) is 8.73. The molecular weight excluding hydrogens is 268 g/mol. The molecule has 0 saturated carbocycles. The maximum absolute atomic E-state index is 12.2. The minimum atomic E-state index is -0.571. The number of pyridine rings is 1. The molecule has 0 aliphatic carbocycles. The van der Waals surface area contributed by atoms with E-state index in [9.17, 15) is 9.59 Å². The maximum atomic E-state index is 12.2. The Kier molecular flexibility index (Phi) is 6.65. The molecule has 0 aromatic carbocycles. The molecule has 0 aliphatic heterocycles. The average Bonchev–Trinajstić information content (AvgIpc) is 2.47. The van der Waals surface area contributed by atoms with Gasteiger partial charge in [0.1, 0.15) is 11.9 Å². The van der Waals surface area contributed by atoms with Gasteiger partial charge in [0.05, 0.1) is 0 Å². The van der Waals surface area contributed by atoms with Crippen molar-refractivity contribution in [3.05, 3.63) is 23.4 Å². The predicted molar refractivity (Wildman–Crippen MR) is 83.4 cm³/mol. The van der Waals surface area contributed by atoms with Crippen LogP contribution in [0.2, 0.25) is 0 Å². The van der Waals surface area contributed by atoms with Crippen LogP contribution in [0.25, 0.3) is 0 Å². The van der Waals surface area contributed by atoms with Crippen molar-refractivity contribution in [2.45, 2.75) is 40.2 Å². The van der Waals surface area contributed by atoms with Gasteiger partial charge in [0.15, 0.2) is 0 Å². The molecule has 1 atom stereocenters. The first-order valence-corrected chi connectivity index (χ1v) is 7.35. The fourth-order valence-corrected chi connectivity index (χ4v) is 1.84. The summed E-state index contributed by atoms with van der Waals surface area (Å²) >= 11 is 0. The Labute approximate surface area is 125 Å². The minimum Gasteiger partial charge on any atom is -0.370 e. The summed E-state index contributed by atoms with van der Waals surface area (Å²) in [5.41, 5.74) is 1.35. The van der Waals surface area contributed by atoms with Crippen LogP contribution < -0.4 is 16.0 Å². The number of carbonyl (C=O) groups is 2. The quantitative estimate of drug-likeness (QED) is 0.708. The number of likely N-dealkylation sites (N-methyl/N-ethyl adjacent to an activating group) is 1. The average molecular weight is 292 g/mol. The summed E-state index contributed by atoms with van der Waals surface area (Å²) in [5.74, 6) is 0.209. The van der Waals surface area contributed by atoms with Gasteiger partial charge in [-0.1, -0.05) is 6.92 Å². The number of hydrogen-bond donors (Lipinski definition) is 3. The molecule has 0 fully saturated rings. The van der Waals surface area contributed by atoms with Crippen LogP contribution in [0.4, 0.5) is 5.82 Å². The summed E-state index contributed by atoms with van der Waals surface area (Å²) in [5, 5.41) is 8.48. The second-order valence-corrected chi connectivity index (χ2v) is 4.71. The SMILES string of the molecule is CCNC(=O)C(C)NC(=O)c1cc(CC)nc(NCC)c1. The number of amides is 2. The van der Waals surface area contributed by atoms with Crippen LogP contribution in [0.5, 0.6) is 0 Å². The third-order valence-electron chi connectivity index (χ3n) is 2.95. The highest BCUT2D eigenvalue weighted by molar-refractivity contribution is 5.98. The first-order valence-electron chi connectivity index (χ1n) is 7.35. The molecule has 1 aromatic rings. The molecule has 1 unspecified atom stereocenters. The standard InChI is InChI=1S/C15H24N4O2/c1-5-12-8-11(9-13(19-12)16-6-2)15(21)18-10(4)14(20)17-7-3/h8-10H,5-7H2,1-4H3,(H,16,19)(H,17,20)(H,18,21). The Morgan fingerprint density at radius 1 is 1.19 bits per heavy atom. The van der Waals surface area contributed by atoms with Gasteiger partial charge in [0.2, 0.25) is 5.91 Å². The van der Waals surface area contributed by atoms with Gasteiger partial charge in [0, 0.05) is 24.3 Å². The fraction of sp³-hybridized carbons (Fsp3) is 0.533. The molecular formula is C15H24N4O2. The number of carbonyl (C=O) groups excluding carboxylic acids is 2. The van der Waals surface area contributed by atoms with E-state index in [1.165, 1.54) is 0 Å². The zero-order valence-electron chi connectivity index (χ0n) is 13.1. The van der Waals surface area contributed by atoms with E-state index in [1.807, 2.05) is 20.8 Å². The van der Waals surface area contributed by atoms with Crippen LogP contribution in [0, 0.1) is 0 Å². The van der Waals surface area contributed by atoms with Crippen molar-refractivity contribution in [2.75, 3.05) is 18.4 Å². The van der Waals surface area contributed by atoms with Crippen molar-refractivity contribution in [1.29, 1.82) is 0 Å². The lowest BCUT2D eigenvalue weighted by molar-refractivity contribution is -0.122. The number of anilines is 1. The van der Waals surface area contributed by atoms with Crippen LogP contribution in [-0.4, -0.2) is 35.9 Å². The fourth-order valence-electron chi connectivity index (χ4n) is 1.84. The normalized spacial score (nSPS) is 11.6. The molecule has 6 heteroatoms. The molecule has 0 radical (unpaired) electrons. The van der Waals surface area contributed by atoms with Gasteiger partial charge >= 0.3 is 0 Å². The van der Waals surface area contributed by atoms with Crippen molar-refractivity contribution in [3.8, 4) is 0 Å². The van der Waals surface area contributed by atoms with E-state index in [1.54, 1.807) is 19.1 Å². The van der Waals surface area contributed by atoms with Crippen LogP contribution in [-0.2, 0) is 11.2 Å². The van der Waals surface area contributed by atoms with E-state index >= 15 is 0 Å². The zero-order chi connectivity index (χ0) is 15.8. The number of aromatic nitrogens is 1. The zero-order valence-corrected chi connectivity index (χ0v) is 13.1. The number of nitrogens with zero attached hydrogens (tertiary/aromatic N) is 1. The highest BCUT2D eigenvalue weighted by atomic mass is 16.2. The van der Waals surface area contributed by atoms with Crippen molar-refractivity contribution in [1.82, 2.24) is 15.6 Å². The van der Waals surface area contributed by atoms with Crippen molar-refractivity contribution in [3.63, 3.8) is 0 Å². The Morgan fingerprint density at radius 2 is 1.90 bits per heavy atom. The predicted octanol–water partition coefficient (Wildman–Crippen LogP) is 1.33. The minimum absolute atomic E-state index is 0.192. The van der Waals surface area contributed by atoms with E-state index in [0.29, 0.717) is 17.9 Å². The number of aryl methyl sites for hydroxylation is 1. The molecule has 0 saturated heterocycles. The highest BCUT2D eigenvalue weighted by Crippen LogP contribution is 2.11. The van der Waals surface area contributed by atoms with Gasteiger partial charge in [-0.05, 0) is 39.3 Å². The molecule has 116 valence electrons. The number of hydrogen-bond acceptors (Lipinski definition) is 4. The third kappa shape index (κ3) is 5.06. The molecule has 3 N–H and O–H groups in total. The van der Waals surface area contributed by atoms with Crippen molar-refractivity contribution in [2.24, 2.45) is 0 Å². The van der Waals surface area contributed by atoms with Crippen LogP contribution >= 0.6 is 0 Å². The summed E-state index contributed by atoms with van der Waals surface area (Å²) in [6, 6.07) is 2.88. The molecule has 0 spiro atoms. The summed E-state index contributed by atoms with van der Waals surface area (Å²) in [4.78, 5) is 28.3. The second kappa shape index (κ2) is 8.24. The summed E-state index contributed by atoms with van der Waals surface area (Å²) < 4.78 is 0. The van der Waals surface area contributed by atoms with Crippen LogP contribution in [0.15, 0.2) is 12.1 Å². The molecule has 6 nitrogen and oxygen atoms in total. The van der Waals surface area contributed by atoms with Gasteiger partial charge in [-0.15, -0.1) is 0 Å². The first kappa shape index (κ1) is 16.9. The largest absolute Gasteiger partial charge is 0.370 e. The van der Waals surface area contributed by atoms with Gasteiger partial charge < -0.3 is 16.0 Å². The molecule has 1 aromatic heterocycles. The summed E-state index contributed by atoms with van der Waals surface area (Å²) in [6.07, 6.45) is 0.741. The Morgan fingerprint density at radius 3 is 2.48 bits per heavy atom. The van der Waals surface area contributed by atoms with E-state index in [2.05, 4.69) is 20.9 Å². The van der Waals surface area contributed by atoms with Crippen molar-refractivity contribution < 1.29 is 9.59 Å². The first-order chi connectivity index (χ1) is 10.0. The van der Waals surface area contributed by atoms with E-state index in [0.717, 1.165) is 18.7 Å². The molecule has 21 heavy (non-hydrogen) atoms. The molecule has 0 aliphatic rings. The Balaban J connectivity index is 2.86. The molecule has 0 bridgehead atoms. The van der Waals surface area contributed by atoms with Gasteiger partial charge in [0.25, 0.3) is 5.91 Å². The van der Waals surface area contributed by atoms with Gasteiger partial charge in [-0.2, -0.15) is 0 Å².